The Morgan fingerprint density at radius 3 is 2.13 bits per heavy atom. The van der Waals surface area contributed by atoms with Crippen molar-refractivity contribution in [1.29, 1.82) is 0 Å². The predicted molar refractivity (Wildman–Crippen MR) is 122 cm³/mol. The van der Waals surface area contributed by atoms with Crippen molar-refractivity contribution in [3.05, 3.63) is 70.5 Å². The van der Waals surface area contributed by atoms with Crippen LogP contribution in [0.25, 0.3) is 0 Å². The zero-order valence-corrected chi connectivity index (χ0v) is 18.0. The number of hydrogen-bond acceptors (Lipinski definition) is 6. The lowest BCUT2D eigenvalue weighted by atomic mass is 10.2. The molecule has 31 heavy (non-hydrogen) atoms. The molecule has 0 saturated heterocycles. The van der Waals surface area contributed by atoms with E-state index in [1.807, 2.05) is 24.4 Å². The van der Waals surface area contributed by atoms with E-state index in [-0.39, 0.29) is 30.8 Å². The molecule has 1 aromatic carbocycles. The molecule has 160 valence electrons. The first kappa shape index (κ1) is 22.1. The molecule has 0 radical (unpaired) electrons. The van der Waals surface area contributed by atoms with Gasteiger partial charge in [0.05, 0.1) is 18.0 Å². The second-order valence-electron chi connectivity index (χ2n) is 7.00. The molecule has 2 aromatic heterocycles. The lowest BCUT2D eigenvalue weighted by molar-refractivity contribution is -0.119. The van der Waals surface area contributed by atoms with Crippen LogP contribution in [0.4, 0.5) is 17.2 Å². The fourth-order valence-electron chi connectivity index (χ4n) is 2.71. The number of carbonyl (C=O) groups excluding carboxylic acids is 3. The normalized spacial score (nSPS) is 10.5. The van der Waals surface area contributed by atoms with Crippen molar-refractivity contribution >= 4 is 46.3 Å². The van der Waals surface area contributed by atoms with Gasteiger partial charge in [0.15, 0.2) is 0 Å². The first-order chi connectivity index (χ1) is 14.9. The Balaban J connectivity index is 1.43. The highest BCUT2D eigenvalue weighted by atomic mass is 32.1. The fraction of sp³-hybridized carbons (Fsp3) is 0.182. The molecule has 8 nitrogen and oxygen atoms in total. The van der Waals surface area contributed by atoms with Crippen molar-refractivity contribution < 1.29 is 14.4 Å². The van der Waals surface area contributed by atoms with Crippen LogP contribution in [0.15, 0.2) is 60.1 Å². The number of amides is 3. The minimum atomic E-state index is -0.252. The van der Waals surface area contributed by atoms with E-state index in [1.54, 1.807) is 54.5 Å². The van der Waals surface area contributed by atoms with E-state index in [4.69, 9.17) is 0 Å². The number of benzene rings is 1. The smallest absolute Gasteiger partial charge is 0.265 e. The Labute approximate surface area is 184 Å². The fourth-order valence-corrected chi connectivity index (χ4v) is 3.33. The summed E-state index contributed by atoms with van der Waals surface area (Å²) in [6, 6.07) is 14.0. The number of likely N-dealkylation sites (N-methyl/N-ethyl adjacent to an activating group) is 1. The van der Waals surface area contributed by atoms with Gasteiger partial charge in [-0.2, -0.15) is 0 Å². The first-order valence-electron chi connectivity index (χ1n) is 9.55. The summed E-state index contributed by atoms with van der Waals surface area (Å²) in [5, 5.41) is 10.1. The van der Waals surface area contributed by atoms with Gasteiger partial charge < -0.3 is 16.0 Å². The predicted octanol–water partition coefficient (Wildman–Crippen LogP) is 3.21. The minimum Gasteiger partial charge on any atom is -0.325 e. The van der Waals surface area contributed by atoms with Gasteiger partial charge >= 0.3 is 0 Å². The molecule has 0 atom stereocenters. The summed E-state index contributed by atoms with van der Waals surface area (Å²) in [5.74, 6) is -0.205. The van der Waals surface area contributed by atoms with Crippen LogP contribution in [-0.2, 0) is 9.59 Å². The number of nitrogens with zero attached hydrogens (tertiary/aromatic N) is 2. The van der Waals surface area contributed by atoms with Crippen molar-refractivity contribution in [3.63, 3.8) is 0 Å². The number of anilines is 3. The van der Waals surface area contributed by atoms with Crippen LogP contribution in [0, 0.1) is 6.92 Å². The average molecular weight is 438 g/mol. The molecule has 3 N–H and O–H groups in total. The Kier molecular flexibility index (Phi) is 7.47. The number of carbonyl (C=O) groups is 3. The van der Waals surface area contributed by atoms with Crippen molar-refractivity contribution in [2.24, 2.45) is 0 Å². The number of hydrogen-bond donors (Lipinski definition) is 3. The molecule has 3 amide bonds. The maximum absolute atomic E-state index is 12.3. The summed E-state index contributed by atoms with van der Waals surface area (Å²) in [6.07, 6.45) is 1.67. The van der Waals surface area contributed by atoms with Crippen LogP contribution in [0.3, 0.4) is 0 Å². The molecule has 0 bridgehead atoms. The van der Waals surface area contributed by atoms with Crippen molar-refractivity contribution in [2.45, 2.75) is 6.92 Å². The summed E-state index contributed by atoms with van der Waals surface area (Å²) in [5.41, 5.74) is 2.24. The molecular formula is C22H23N5O3S. The Morgan fingerprint density at radius 1 is 0.903 bits per heavy atom. The van der Waals surface area contributed by atoms with E-state index in [1.165, 1.54) is 11.3 Å². The maximum Gasteiger partial charge on any atom is 0.265 e. The molecule has 0 unspecified atom stereocenters. The average Bonchev–Trinajstić information content (AvgIpc) is 3.26. The van der Waals surface area contributed by atoms with Gasteiger partial charge in [0.2, 0.25) is 11.8 Å². The molecule has 3 aromatic rings. The highest BCUT2D eigenvalue weighted by Crippen LogP contribution is 2.16. The van der Waals surface area contributed by atoms with Crippen LogP contribution in [0.1, 0.15) is 15.2 Å². The van der Waals surface area contributed by atoms with Gasteiger partial charge in [-0.15, -0.1) is 11.3 Å². The number of aryl methyl sites for hydroxylation is 1. The monoisotopic (exact) mass is 437 g/mol. The number of nitrogens with one attached hydrogen (secondary N) is 3. The number of aromatic nitrogens is 1. The van der Waals surface area contributed by atoms with Crippen molar-refractivity contribution in [1.82, 2.24) is 9.88 Å². The minimum absolute atomic E-state index is 0.0472. The molecule has 0 saturated carbocycles. The van der Waals surface area contributed by atoms with Crippen LogP contribution >= 0.6 is 11.3 Å². The third-order valence-electron chi connectivity index (χ3n) is 4.18. The summed E-state index contributed by atoms with van der Waals surface area (Å²) >= 11 is 1.37. The van der Waals surface area contributed by atoms with E-state index >= 15 is 0 Å². The molecule has 0 aliphatic heterocycles. The molecule has 0 fully saturated rings. The van der Waals surface area contributed by atoms with Gasteiger partial charge in [-0.05, 0) is 61.3 Å². The third kappa shape index (κ3) is 7.02. The zero-order chi connectivity index (χ0) is 22.2. The maximum atomic E-state index is 12.3. The molecular weight excluding hydrogens is 414 g/mol. The second kappa shape index (κ2) is 10.5. The lowest BCUT2D eigenvalue weighted by Gasteiger charge is -2.16. The van der Waals surface area contributed by atoms with Gasteiger partial charge in [0, 0.05) is 17.6 Å². The van der Waals surface area contributed by atoms with E-state index < -0.39 is 0 Å². The zero-order valence-electron chi connectivity index (χ0n) is 17.2. The second-order valence-corrected chi connectivity index (χ2v) is 7.95. The summed E-state index contributed by atoms with van der Waals surface area (Å²) in [4.78, 5) is 42.8. The van der Waals surface area contributed by atoms with Crippen LogP contribution in [0.2, 0.25) is 0 Å². The van der Waals surface area contributed by atoms with Crippen LogP contribution < -0.4 is 16.0 Å². The van der Waals surface area contributed by atoms with E-state index in [9.17, 15) is 14.4 Å². The number of rotatable bonds is 8. The molecule has 0 aliphatic carbocycles. The Bertz CT molecular complexity index is 1030. The molecule has 0 aliphatic rings. The molecule has 0 spiro atoms. The number of pyridine rings is 1. The highest BCUT2D eigenvalue weighted by Gasteiger charge is 2.12. The summed E-state index contributed by atoms with van der Waals surface area (Å²) < 4.78 is 0. The van der Waals surface area contributed by atoms with E-state index in [2.05, 4.69) is 20.9 Å². The van der Waals surface area contributed by atoms with Crippen LogP contribution in [0.5, 0.6) is 0 Å². The van der Waals surface area contributed by atoms with Crippen LogP contribution in [-0.4, -0.2) is 47.7 Å². The topological polar surface area (TPSA) is 103 Å². The SMILES string of the molecule is Cc1ccc(NC(=O)CN(C)CC(=O)Nc2ccc(NC(=O)c3cccs3)cc2)nc1. The highest BCUT2D eigenvalue weighted by molar-refractivity contribution is 7.12. The molecule has 3 rings (SSSR count). The lowest BCUT2D eigenvalue weighted by Crippen LogP contribution is -2.36. The van der Waals surface area contributed by atoms with E-state index in [0.29, 0.717) is 22.1 Å². The Morgan fingerprint density at radius 2 is 1.55 bits per heavy atom. The molecule has 9 heteroatoms. The van der Waals surface area contributed by atoms with Gasteiger partial charge in [-0.1, -0.05) is 12.1 Å². The summed E-state index contributed by atoms with van der Waals surface area (Å²) in [6.45, 7) is 2.02. The van der Waals surface area contributed by atoms with Crippen molar-refractivity contribution in [3.8, 4) is 0 Å². The largest absolute Gasteiger partial charge is 0.325 e. The first-order valence-corrected chi connectivity index (χ1v) is 10.4. The summed E-state index contributed by atoms with van der Waals surface area (Å²) in [7, 11) is 1.69. The third-order valence-corrected chi connectivity index (χ3v) is 5.05. The van der Waals surface area contributed by atoms with E-state index in [0.717, 1.165) is 5.56 Å². The Hall–Kier alpha value is -3.56. The van der Waals surface area contributed by atoms with Crippen molar-refractivity contribution in [2.75, 3.05) is 36.1 Å². The van der Waals surface area contributed by atoms with Gasteiger partial charge in [-0.3, -0.25) is 19.3 Å². The van der Waals surface area contributed by atoms with Gasteiger partial charge in [0.1, 0.15) is 5.82 Å². The van der Waals surface area contributed by atoms with Gasteiger partial charge in [0.25, 0.3) is 5.91 Å². The number of thiophene rings is 1. The molecule has 2 heterocycles. The standard InChI is InChI=1S/C22H23N5O3S/c1-15-5-10-19(23-12-15)26-21(29)14-27(2)13-20(28)24-16-6-8-17(9-7-16)25-22(30)18-4-3-11-31-18/h3-12H,13-14H2,1-2H3,(H,24,28)(H,25,30)(H,23,26,29). The van der Waals surface area contributed by atoms with Gasteiger partial charge in [-0.25, -0.2) is 4.98 Å². The quantitative estimate of drug-likeness (QED) is 0.502.